The lowest BCUT2D eigenvalue weighted by Crippen LogP contribution is -2.35. The Balaban J connectivity index is 1.08. The van der Waals surface area contributed by atoms with Gasteiger partial charge in [-0.2, -0.15) is 13.0 Å². The second-order valence-electron chi connectivity index (χ2n) is 14.4. The molecule has 1 aliphatic rings. The van der Waals surface area contributed by atoms with Crippen molar-refractivity contribution in [1.82, 2.24) is 0 Å². The fraction of sp³-hybridized carbons (Fsp3) is 0.233. The number of ether oxygens (including phenoxy) is 1. The van der Waals surface area contributed by atoms with Crippen LogP contribution >= 0.6 is 12.0 Å². The van der Waals surface area contributed by atoms with Gasteiger partial charge in [0.1, 0.15) is 22.3 Å². The normalized spacial score (nSPS) is 14.0. The van der Waals surface area contributed by atoms with Crippen LogP contribution in [0.4, 0.5) is 5.69 Å². The molecule has 0 fully saturated rings. The Morgan fingerprint density at radius 2 is 1.43 bits per heavy atom. The summed E-state index contributed by atoms with van der Waals surface area (Å²) in [6.45, 7) is 1.09. The molecule has 0 radical (unpaired) electrons. The summed E-state index contributed by atoms with van der Waals surface area (Å²) in [6.07, 6.45) is 13.1. The molecular formula is C43H39N2O14S2+. The number of nitrogens with zero attached hydrogens (tertiary/aromatic N) is 2. The van der Waals surface area contributed by atoms with Gasteiger partial charge in [-0.25, -0.2) is 5.26 Å². The van der Waals surface area contributed by atoms with Gasteiger partial charge in [0, 0.05) is 58.3 Å². The molecule has 3 aromatic heterocycles. The van der Waals surface area contributed by atoms with Crippen molar-refractivity contribution in [2.24, 2.45) is 0 Å². The lowest BCUT2D eigenvalue weighted by Gasteiger charge is -2.18. The van der Waals surface area contributed by atoms with Crippen LogP contribution in [0, 0.1) is 0 Å². The van der Waals surface area contributed by atoms with E-state index < -0.39 is 22.1 Å². The predicted octanol–water partition coefficient (Wildman–Crippen LogP) is 9.79. The van der Waals surface area contributed by atoms with E-state index in [1.807, 2.05) is 58.0 Å². The highest BCUT2D eigenvalue weighted by atomic mass is 32.2. The summed E-state index contributed by atoms with van der Waals surface area (Å²) in [5, 5.41) is 33.3. The molecule has 0 bridgehead atoms. The molecule has 8 rings (SSSR count). The van der Waals surface area contributed by atoms with Crippen LogP contribution in [-0.2, 0) is 35.6 Å². The second-order valence-corrected chi connectivity index (χ2v) is 16.6. The summed E-state index contributed by atoms with van der Waals surface area (Å²) in [5.41, 5.74) is 4.26. The number of furan rings is 2. The van der Waals surface area contributed by atoms with Crippen molar-refractivity contribution < 1.29 is 70.0 Å². The van der Waals surface area contributed by atoms with Crippen LogP contribution in [0.2, 0.25) is 0 Å². The van der Waals surface area contributed by atoms with Crippen molar-refractivity contribution in [2.75, 3.05) is 11.4 Å². The molecule has 18 heteroatoms. The highest BCUT2D eigenvalue weighted by Gasteiger charge is 2.28. The van der Waals surface area contributed by atoms with Gasteiger partial charge in [0.15, 0.2) is 12.3 Å². The summed E-state index contributed by atoms with van der Waals surface area (Å²) >= 11 is 0.844. The minimum Gasteiger partial charge on any atom is -0.481 e. The maximum Gasteiger partial charge on any atom is 0.374 e. The van der Waals surface area contributed by atoms with Crippen molar-refractivity contribution >= 4 is 101 Å². The largest absolute Gasteiger partial charge is 0.481 e. The van der Waals surface area contributed by atoms with E-state index in [4.69, 9.17) is 33.5 Å². The minimum atomic E-state index is -4.44. The first-order chi connectivity index (χ1) is 29.5. The number of aryl methyl sites for hydroxylation is 1. The molecule has 0 aliphatic carbocycles. The highest BCUT2D eigenvalue weighted by Crippen LogP contribution is 2.45. The van der Waals surface area contributed by atoms with E-state index in [9.17, 15) is 22.6 Å². The number of carbonyl (C=O) groups is 2. The molecule has 61 heavy (non-hydrogen) atoms. The van der Waals surface area contributed by atoms with E-state index in [2.05, 4.69) is 9.37 Å². The van der Waals surface area contributed by atoms with Crippen LogP contribution in [0.3, 0.4) is 0 Å². The Morgan fingerprint density at radius 3 is 2.16 bits per heavy atom. The molecule has 316 valence electrons. The van der Waals surface area contributed by atoms with Crippen molar-refractivity contribution in [3.8, 4) is 5.75 Å². The van der Waals surface area contributed by atoms with E-state index >= 15 is 0 Å². The Hall–Kier alpha value is -6.15. The van der Waals surface area contributed by atoms with Crippen molar-refractivity contribution in [3.63, 3.8) is 0 Å². The Kier molecular flexibility index (Phi) is 12.2. The highest BCUT2D eigenvalue weighted by molar-refractivity contribution is 7.94. The number of allylic oxidation sites excluding steroid dienone is 4. The maximum absolute atomic E-state index is 11.9. The van der Waals surface area contributed by atoms with Crippen LogP contribution in [0.5, 0.6) is 5.75 Å². The smallest absolute Gasteiger partial charge is 0.374 e. The molecule has 0 spiro atoms. The monoisotopic (exact) mass is 871 g/mol. The van der Waals surface area contributed by atoms with Gasteiger partial charge in [-0.15, -0.1) is 4.33 Å². The van der Waals surface area contributed by atoms with E-state index in [1.165, 1.54) is 18.2 Å². The number of rotatable bonds is 19. The van der Waals surface area contributed by atoms with E-state index in [0.29, 0.717) is 113 Å². The first-order valence-corrected chi connectivity index (χ1v) is 21.5. The van der Waals surface area contributed by atoms with Gasteiger partial charge in [0.2, 0.25) is 11.5 Å². The molecule has 16 nitrogen and oxygen atoms in total. The zero-order valence-corrected chi connectivity index (χ0v) is 33.9. The zero-order valence-electron chi connectivity index (χ0n) is 32.3. The van der Waals surface area contributed by atoms with Gasteiger partial charge in [-0.1, -0.05) is 29.7 Å². The number of benzene rings is 4. The van der Waals surface area contributed by atoms with Gasteiger partial charge in [0.25, 0.3) is 15.6 Å². The van der Waals surface area contributed by atoms with E-state index in [1.54, 1.807) is 24.3 Å². The number of hydrogen-bond donors (Lipinski definition) is 4. The van der Waals surface area contributed by atoms with Crippen LogP contribution in [-0.4, -0.2) is 46.9 Å². The summed E-state index contributed by atoms with van der Waals surface area (Å²) < 4.78 is 65.0. The molecule has 4 aromatic carbocycles. The number of carboxylic acid groups (broad SMARTS) is 2. The van der Waals surface area contributed by atoms with Gasteiger partial charge in [-0.3, -0.25) is 14.1 Å². The molecule has 1 aliphatic heterocycles. The van der Waals surface area contributed by atoms with Crippen LogP contribution in [0.15, 0.2) is 114 Å². The van der Waals surface area contributed by atoms with Gasteiger partial charge < -0.3 is 33.1 Å². The molecule has 4 heterocycles. The van der Waals surface area contributed by atoms with Crippen LogP contribution < -0.4 is 14.2 Å². The van der Waals surface area contributed by atoms with E-state index in [0.717, 1.165) is 34.0 Å². The number of oxazole rings is 1. The summed E-state index contributed by atoms with van der Waals surface area (Å²) in [5.74, 6) is 0.0128. The predicted molar refractivity (Wildman–Crippen MR) is 224 cm³/mol. The SMILES string of the molecule is O=C(O)CCCCCN1C(=CC=CC=Cc2oc3cc4c(cc3[n+]2CCCCCC(=O)O)oc2ccc(S(=O)(=O)O)cc24)Oc2cc3c(cc21)oc1ccc(SOOO)cc13. The van der Waals surface area contributed by atoms with Crippen molar-refractivity contribution in [3.05, 3.63) is 96.7 Å². The van der Waals surface area contributed by atoms with Crippen LogP contribution in [0.1, 0.15) is 57.3 Å². The number of aliphatic carboxylic acids is 2. The molecule has 7 aromatic rings. The Bertz CT molecular complexity index is 3010. The summed E-state index contributed by atoms with van der Waals surface area (Å²) in [7, 11) is -4.44. The number of unbranched alkanes of at least 4 members (excludes halogenated alkanes) is 4. The number of anilines is 1. The molecular weight excluding hydrogens is 833 g/mol. The lowest BCUT2D eigenvalue weighted by atomic mass is 10.1. The average molecular weight is 872 g/mol. The molecule has 0 unspecified atom stereocenters. The molecule has 0 atom stereocenters. The summed E-state index contributed by atoms with van der Waals surface area (Å²) in [6, 6.07) is 17.0. The molecule has 0 amide bonds. The molecule has 0 saturated heterocycles. The maximum atomic E-state index is 11.9. The van der Waals surface area contributed by atoms with Crippen molar-refractivity contribution in [1.29, 1.82) is 0 Å². The Morgan fingerprint density at radius 1 is 0.738 bits per heavy atom. The lowest BCUT2D eigenvalue weighted by molar-refractivity contribution is -0.678. The molecule has 0 saturated carbocycles. The molecule has 4 N–H and O–H groups in total. The third kappa shape index (κ3) is 9.14. The minimum absolute atomic E-state index is 0.0776. The van der Waals surface area contributed by atoms with Crippen LogP contribution in [0.25, 0.3) is 61.1 Å². The first kappa shape index (κ1) is 41.6. The van der Waals surface area contributed by atoms with Gasteiger partial charge in [0.05, 0.1) is 34.8 Å². The third-order valence-corrected chi connectivity index (χ3v) is 11.7. The van der Waals surface area contributed by atoms with E-state index in [-0.39, 0.29) is 17.7 Å². The third-order valence-electron chi connectivity index (χ3n) is 10.3. The fourth-order valence-electron chi connectivity index (χ4n) is 7.46. The second kappa shape index (κ2) is 17.8. The Labute approximate surface area is 351 Å². The number of aromatic nitrogens is 1. The van der Waals surface area contributed by atoms with Crippen molar-refractivity contribution in [2.45, 2.75) is 67.7 Å². The average Bonchev–Trinajstić information content (AvgIpc) is 3.96. The quantitative estimate of drug-likeness (QED) is 0.0113. The number of hydrogen-bond acceptors (Lipinski definition) is 13. The topological polar surface area (TPSA) is 223 Å². The fourth-order valence-corrected chi connectivity index (χ4v) is 8.37. The van der Waals surface area contributed by atoms with Gasteiger partial charge >= 0.3 is 17.8 Å². The standard InChI is InChI=1S/C43H38N2O14S2/c46-42(47)12-6-2-8-18-44-32-24-36-30(28-20-26(60-59-58-50)14-16-34(28)54-36)22-38(32)56-40(44)10-4-1-5-11-41-45(19-9-3-7-13-43(48)49)33-25-37-31(23-39(33)57-41)29-21-27(61(51,52)53)15-17-35(29)55-37/h1,4-5,10-11,14-17,20-25H,2-3,6-9,12-13,18-19H2,(H3-,46,47,48,49,50,51,52,53)/p+1. The zero-order chi connectivity index (χ0) is 42.7. The number of fused-ring (bicyclic) bond motifs is 8. The summed E-state index contributed by atoms with van der Waals surface area (Å²) in [4.78, 5) is 24.6. The van der Waals surface area contributed by atoms with Gasteiger partial charge in [-0.05, 0) is 80.3 Å². The number of carboxylic acids is 2. The first-order valence-electron chi connectivity index (χ1n) is 19.4.